The number of hydrogen-bond acceptors (Lipinski definition) is 3. The van der Waals surface area contributed by atoms with Crippen LogP contribution in [0.15, 0.2) is 18.3 Å². The Morgan fingerprint density at radius 2 is 2.15 bits per heavy atom. The number of aromatic nitrogens is 1. The predicted molar refractivity (Wildman–Crippen MR) is 86.0 cm³/mol. The van der Waals surface area contributed by atoms with Crippen LogP contribution in [0.3, 0.4) is 0 Å². The zero-order valence-corrected chi connectivity index (χ0v) is 13.4. The second-order valence-electron chi connectivity index (χ2n) is 6.39. The first kappa shape index (κ1) is 15.3. The van der Waals surface area contributed by atoms with E-state index in [4.69, 9.17) is 0 Å². The molecule has 1 N–H and O–H groups in total. The van der Waals surface area contributed by atoms with Crippen LogP contribution in [0.5, 0.6) is 0 Å². The van der Waals surface area contributed by atoms with Crippen LogP contribution in [0.25, 0.3) is 0 Å². The molecule has 1 saturated heterocycles. The standard InChI is InChI=1S/C17H29N3/c1-5-7-18-11-16-10-17(6-8-19-16)20-12-13(2)9-14(3)15(20)4/h6,8,10,13-15,18H,5,7,9,11-12H2,1-4H3. The van der Waals surface area contributed by atoms with Crippen molar-refractivity contribution in [2.24, 2.45) is 11.8 Å². The molecule has 2 heterocycles. The molecule has 3 unspecified atom stereocenters. The van der Waals surface area contributed by atoms with Gasteiger partial charge >= 0.3 is 0 Å². The van der Waals surface area contributed by atoms with Gasteiger partial charge in [0.1, 0.15) is 0 Å². The maximum absolute atomic E-state index is 4.48. The normalized spacial score (nSPS) is 26.8. The van der Waals surface area contributed by atoms with E-state index in [1.807, 2.05) is 6.20 Å². The molecule has 1 aliphatic heterocycles. The molecule has 1 aromatic rings. The van der Waals surface area contributed by atoms with Gasteiger partial charge < -0.3 is 10.2 Å². The molecule has 1 aromatic heterocycles. The van der Waals surface area contributed by atoms with E-state index in [0.29, 0.717) is 6.04 Å². The minimum Gasteiger partial charge on any atom is -0.368 e. The third-order valence-corrected chi connectivity index (χ3v) is 4.46. The second kappa shape index (κ2) is 7.07. The van der Waals surface area contributed by atoms with Gasteiger partial charge in [0.2, 0.25) is 0 Å². The molecule has 20 heavy (non-hydrogen) atoms. The second-order valence-corrected chi connectivity index (χ2v) is 6.39. The van der Waals surface area contributed by atoms with Gasteiger partial charge in [-0.25, -0.2) is 0 Å². The molecule has 0 saturated carbocycles. The SMILES string of the molecule is CCCNCc1cc(N2CC(C)CC(C)C2C)ccn1. The summed E-state index contributed by atoms with van der Waals surface area (Å²) >= 11 is 0. The molecular weight excluding hydrogens is 246 g/mol. The topological polar surface area (TPSA) is 28.2 Å². The summed E-state index contributed by atoms with van der Waals surface area (Å²) < 4.78 is 0. The van der Waals surface area contributed by atoms with E-state index in [9.17, 15) is 0 Å². The van der Waals surface area contributed by atoms with Crippen LogP contribution in [0, 0.1) is 11.8 Å². The van der Waals surface area contributed by atoms with Gasteiger partial charge in [-0.2, -0.15) is 0 Å². The summed E-state index contributed by atoms with van der Waals surface area (Å²) in [6, 6.07) is 5.03. The Hall–Kier alpha value is -1.09. The van der Waals surface area contributed by atoms with E-state index >= 15 is 0 Å². The van der Waals surface area contributed by atoms with Crippen LogP contribution in [0.2, 0.25) is 0 Å². The van der Waals surface area contributed by atoms with Gasteiger partial charge in [-0.05, 0) is 50.3 Å². The number of piperidine rings is 1. The maximum Gasteiger partial charge on any atom is 0.0562 e. The molecule has 3 heteroatoms. The van der Waals surface area contributed by atoms with E-state index in [0.717, 1.165) is 43.6 Å². The van der Waals surface area contributed by atoms with Crippen molar-refractivity contribution in [1.82, 2.24) is 10.3 Å². The van der Waals surface area contributed by atoms with Crippen LogP contribution in [-0.4, -0.2) is 24.1 Å². The van der Waals surface area contributed by atoms with Crippen molar-refractivity contribution in [2.75, 3.05) is 18.0 Å². The highest BCUT2D eigenvalue weighted by atomic mass is 15.2. The van der Waals surface area contributed by atoms with Crippen molar-refractivity contribution < 1.29 is 0 Å². The fourth-order valence-electron chi connectivity index (χ4n) is 3.19. The summed E-state index contributed by atoms with van der Waals surface area (Å²) in [5.41, 5.74) is 2.48. The first-order valence-electron chi connectivity index (χ1n) is 8.04. The molecule has 1 fully saturated rings. The number of hydrogen-bond donors (Lipinski definition) is 1. The Labute approximate surface area is 123 Å². The highest BCUT2D eigenvalue weighted by Crippen LogP contribution is 2.31. The van der Waals surface area contributed by atoms with Crippen molar-refractivity contribution in [1.29, 1.82) is 0 Å². The monoisotopic (exact) mass is 275 g/mol. The lowest BCUT2D eigenvalue weighted by Gasteiger charge is -2.42. The largest absolute Gasteiger partial charge is 0.368 e. The molecule has 0 radical (unpaired) electrons. The molecule has 0 aromatic carbocycles. The van der Waals surface area contributed by atoms with Gasteiger partial charge in [-0.15, -0.1) is 0 Å². The van der Waals surface area contributed by atoms with Gasteiger partial charge in [0.05, 0.1) is 5.69 Å². The number of pyridine rings is 1. The molecule has 0 spiro atoms. The third-order valence-electron chi connectivity index (χ3n) is 4.46. The summed E-state index contributed by atoms with van der Waals surface area (Å²) in [5, 5.41) is 3.43. The molecule has 0 amide bonds. The fraction of sp³-hybridized carbons (Fsp3) is 0.706. The minimum atomic E-state index is 0.616. The molecule has 3 nitrogen and oxygen atoms in total. The Morgan fingerprint density at radius 1 is 1.35 bits per heavy atom. The summed E-state index contributed by atoms with van der Waals surface area (Å²) in [6.45, 7) is 12.4. The Kier molecular flexibility index (Phi) is 5.41. The number of nitrogens with zero attached hydrogens (tertiary/aromatic N) is 2. The van der Waals surface area contributed by atoms with Crippen molar-refractivity contribution >= 4 is 5.69 Å². The molecular formula is C17H29N3. The maximum atomic E-state index is 4.48. The summed E-state index contributed by atoms with van der Waals surface area (Å²) in [4.78, 5) is 7.04. The average Bonchev–Trinajstić information content (AvgIpc) is 2.43. The molecule has 2 rings (SSSR count). The zero-order valence-electron chi connectivity index (χ0n) is 13.4. The van der Waals surface area contributed by atoms with E-state index in [2.05, 4.69) is 55.0 Å². The van der Waals surface area contributed by atoms with Crippen molar-refractivity contribution in [3.8, 4) is 0 Å². The number of rotatable bonds is 5. The fourth-order valence-corrected chi connectivity index (χ4v) is 3.19. The first-order chi connectivity index (χ1) is 9.61. The molecule has 0 bridgehead atoms. The lowest BCUT2D eigenvalue weighted by Crippen LogP contribution is -2.45. The number of nitrogens with one attached hydrogen (secondary N) is 1. The summed E-state index contributed by atoms with van der Waals surface area (Å²) in [6.07, 6.45) is 4.46. The number of anilines is 1. The van der Waals surface area contributed by atoms with Gasteiger partial charge in [0, 0.05) is 31.0 Å². The summed E-state index contributed by atoms with van der Waals surface area (Å²) in [7, 11) is 0. The van der Waals surface area contributed by atoms with Crippen LogP contribution >= 0.6 is 0 Å². The Balaban J connectivity index is 2.09. The highest BCUT2D eigenvalue weighted by Gasteiger charge is 2.28. The van der Waals surface area contributed by atoms with Gasteiger partial charge in [0.15, 0.2) is 0 Å². The molecule has 3 atom stereocenters. The van der Waals surface area contributed by atoms with E-state index < -0.39 is 0 Å². The molecule has 1 aliphatic rings. The first-order valence-corrected chi connectivity index (χ1v) is 8.04. The van der Waals surface area contributed by atoms with Crippen LogP contribution in [0.4, 0.5) is 5.69 Å². The molecule has 112 valence electrons. The van der Waals surface area contributed by atoms with E-state index in [1.165, 1.54) is 12.1 Å². The summed E-state index contributed by atoms with van der Waals surface area (Å²) in [5.74, 6) is 1.53. The van der Waals surface area contributed by atoms with Crippen molar-refractivity contribution in [3.05, 3.63) is 24.0 Å². The average molecular weight is 275 g/mol. The smallest absolute Gasteiger partial charge is 0.0562 e. The highest BCUT2D eigenvalue weighted by molar-refractivity contribution is 5.48. The third kappa shape index (κ3) is 3.72. The minimum absolute atomic E-state index is 0.616. The van der Waals surface area contributed by atoms with Gasteiger partial charge in [-0.3, -0.25) is 4.98 Å². The molecule has 0 aliphatic carbocycles. The van der Waals surface area contributed by atoms with E-state index in [1.54, 1.807) is 0 Å². The van der Waals surface area contributed by atoms with E-state index in [-0.39, 0.29) is 0 Å². The van der Waals surface area contributed by atoms with Crippen LogP contribution < -0.4 is 10.2 Å². The van der Waals surface area contributed by atoms with Crippen LogP contribution in [0.1, 0.15) is 46.2 Å². The lowest BCUT2D eigenvalue weighted by molar-refractivity contribution is 0.297. The zero-order chi connectivity index (χ0) is 14.5. The van der Waals surface area contributed by atoms with Crippen molar-refractivity contribution in [3.63, 3.8) is 0 Å². The predicted octanol–water partition coefficient (Wildman–Crippen LogP) is 3.45. The van der Waals surface area contributed by atoms with Crippen molar-refractivity contribution in [2.45, 2.75) is 53.1 Å². The van der Waals surface area contributed by atoms with Crippen LogP contribution in [-0.2, 0) is 6.54 Å². The Bertz CT molecular complexity index is 418. The van der Waals surface area contributed by atoms with Gasteiger partial charge in [0.25, 0.3) is 0 Å². The lowest BCUT2D eigenvalue weighted by atomic mass is 9.85. The quantitative estimate of drug-likeness (QED) is 0.834. The Morgan fingerprint density at radius 3 is 2.90 bits per heavy atom. The van der Waals surface area contributed by atoms with Gasteiger partial charge in [-0.1, -0.05) is 20.8 Å².